The van der Waals surface area contributed by atoms with Crippen LogP contribution in [0.25, 0.3) is 0 Å². The maximum absolute atomic E-state index is 12.7. The van der Waals surface area contributed by atoms with Crippen molar-refractivity contribution in [2.24, 2.45) is 5.92 Å². The van der Waals surface area contributed by atoms with Crippen molar-refractivity contribution in [3.05, 3.63) is 53.1 Å². The quantitative estimate of drug-likeness (QED) is 0.883. The van der Waals surface area contributed by atoms with E-state index < -0.39 is 0 Å². The summed E-state index contributed by atoms with van der Waals surface area (Å²) in [6.07, 6.45) is 1.90. The fourth-order valence-electron chi connectivity index (χ4n) is 3.50. The zero-order valence-electron chi connectivity index (χ0n) is 14.4. The van der Waals surface area contributed by atoms with E-state index in [1.807, 2.05) is 42.5 Å². The van der Waals surface area contributed by atoms with Gasteiger partial charge in [-0.3, -0.25) is 9.69 Å². The second kappa shape index (κ2) is 7.56. The highest BCUT2D eigenvalue weighted by Gasteiger charge is 2.26. The van der Waals surface area contributed by atoms with Crippen molar-refractivity contribution < 1.29 is 14.3 Å². The van der Waals surface area contributed by atoms with Crippen molar-refractivity contribution in [2.45, 2.75) is 19.4 Å². The molecule has 6 heteroatoms. The molecule has 26 heavy (non-hydrogen) atoms. The number of hydrogen-bond donors (Lipinski definition) is 1. The lowest BCUT2D eigenvalue weighted by atomic mass is 9.96. The molecule has 1 amide bonds. The maximum atomic E-state index is 12.7. The fraction of sp³-hybridized carbons (Fsp3) is 0.350. The monoisotopic (exact) mass is 372 g/mol. The maximum Gasteiger partial charge on any atom is 0.231 e. The zero-order chi connectivity index (χ0) is 17.9. The summed E-state index contributed by atoms with van der Waals surface area (Å²) in [4.78, 5) is 15.0. The van der Waals surface area contributed by atoms with Crippen LogP contribution in [0, 0.1) is 5.92 Å². The molecule has 0 aromatic heterocycles. The van der Waals surface area contributed by atoms with Crippen molar-refractivity contribution in [3.8, 4) is 11.5 Å². The van der Waals surface area contributed by atoms with E-state index in [9.17, 15) is 4.79 Å². The third-order valence-corrected chi connectivity index (χ3v) is 5.24. The molecule has 0 bridgehead atoms. The third kappa shape index (κ3) is 3.79. The number of carbonyl (C=O) groups is 1. The summed E-state index contributed by atoms with van der Waals surface area (Å²) in [6, 6.07) is 13.4. The number of carbonyl (C=O) groups excluding carboxylic acids is 1. The van der Waals surface area contributed by atoms with Crippen LogP contribution in [-0.4, -0.2) is 30.7 Å². The van der Waals surface area contributed by atoms with Gasteiger partial charge in [0.2, 0.25) is 12.7 Å². The average Bonchev–Trinajstić information content (AvgIpc) is 3.12. The van der Waals surface area contributed by atoms with Crippen LogP contribution in [-0.2, 0) is 11.3 Å². The van der Waals surface area contributed by atoms with Gasteiger partial charge in [-0.15, -0.1) is 0 Å². The van der Waals surface area contributed by atoms with Crippen LogP contribution in [0.4, 0.5) is 5.69 Å². The highest BCUT2D eigenvalue weighted by Crippen LogP contribution is 2.34. The summed E-state index contributed by atoms with van der Waals surface area (Å²) in [5, 5.41) is 3.79. The Morgan fingerprint density at radius 1 is 1.19 bits per heavy atom. The van der Waals surface area contributed by atoms with Gasteiger partial charge >= 0.3 is 0 Å². The van der Waals surface area contributed by atoms with Crippen LogP contribution >= 0.6 is 11.6 Å². The van der Waals surface area contributed by atoms with Gasteiger partial charge in [-0.05, 0) is 43.1 Å². The van der Waals surface area contributed by atoms with E-state index in [0.717, 1.165) is 48.7 Å². The molecule has 1 atom stereocenters. The molecule has 0 spiro atoms. The molecule has 2 aromatic carbocycles. The van der Waals surface area contributed by atoms with Crippen LogP contribution in [0.3, 0.4) is 0 Å². The van der Waals surface area contributed by atoms with E-state index in [0.29, 0.717) is 11.5 Å². The van der Waals surface area contributed by atoms with Crippen molar-refractivity contribution in [1.29, 1.82) is 0 Å². The highest BCUT2D eigenvalue weighted by molar-refractivity contribution is 6.31. The largest absolute Gasteiger partial charge is 0.454 e. The van der Waals surface area contributed by atoms with Crippen LogP contribution in [0.5, 0.6) is 11.5 Å². The summed E-state index contributed by atoms with van der Waals surface area (Å²) in [5.74, 6) is 1.41. The van der Waals surface area contributed by atoms with Gasteiger partial charge in [0.05, 0.1) is 5.92 Å². The molecule has 136 valence electrons. The first kappa shape index (κ1) is 17.2. The number of halogens is 1. The third-order valence-electron chi connectivity index (χ3n) is 4.87. The number of piperidine rings is 1. The SMILES string of the molecule is O=C(Nc1ccc2c(c1)OCO2)[C@@H]1CCCN(Cc2ccccc2Cl)C1. The first-order valence-corrected chi connectivity index (χ1v) is 9.23. The molecule has 1 N–H and O–H groups in total. The number of ether oxygens (including phenoxy) is 2. The molecule has 1 saturated heterocycles. The smallest absolute Gasteiger partial charge is 0.231 e. The summed E-state index contributed by atoms with van der Waals surface area (Å²) in [7, 11) is 0. The molecule has 4 rings (SSSR count). The Kier molecular flexibility index (Phi) is 5.00. The molecule has 2 aromatic rings. The molecule has 2 heterocycles. The normalized spacial score (nSPS) is 19.3. The van der Waals surface area contributed by atoms with Crippen LogP contribution < -0.4 is 14.8 Å². The number of anilines is 1. The summed E-state index contributed by atoms with van der Waals surface area (Å²) >= 11 is 6.27. The highest BCUT2D eigenvalue weighted by atomic mass is 35.5. The van der Waals surface area contributed by atoms with Crippen molar-refractivity contribution in [2.75, 3.05) is 25.2 Å². The Labute approximate surface area is 157 Å². The van der Waals surface area contributed by atoms with Gasteiger partial charge in [0.25, 0.3) is 0 Å². The van der Waals surface area contributed by atoms with Gasteiger partial charge in [0, 0.05) is 29.9 Å². The summed E-state index contributed by atoms with van der Waals surface area (Å²) < 4.78 is 10.7. The number of rotatable bonds is 4. The van der Waals surface area contributed by atoms with E-state index in [1.165, 1.54) is 0 Å². The van der Waals surface area contributed by atoms with Gasteiger partial charge in [0.15, 0.2) is 11.5 Å². The van der Waals surface area contributed by atoms with Gasteiger partial charge in [-0.1, -0.05) is 29.8 Å². The van der Waals surface area contributed by atoms with Crippen molar-refractivity contribution in [3.63, 3.8) is 0 Å². The molecule has 2 aliphatic heterocycles. The summed E-state index contributed by atoms with van der Waals surface area (Å²) in [6.45, 7) is 2.72. The van der Waals surface area contributed by atoms with Gasteiger partial charge in [-0.2, -0.15) is 0 Å². The topological polar surface area (TPSA) is 50.8 Å². The molecular weight excluding hydrogens is 352 g/mol. The van der Waals surface area contributed by atoms with Crippen LogP contribution in [0.2, 0.25) is 5.02 Å². The minimum atomic E-state index is -0.0309. The molecule has 0 saturated carbocycles. The number of benzene rings is 2. The predicted octanol–water partition coefficient (Wildman–Crippen LogP) is 3.92. The molecule has 0 radical (unpaired) electrons. The van der Waals surface area contributed by atoms with E-state index >= 15 is 0 Å². The lowest BCUT2D eigenvalue weighted by Crippen LogP contribution is -2.40. The molecule has 1 fully saturated rings. The number of likely N-dealkylation sites (tertiary alicyclic amines) is 1. The first-order valence-electron chi connectivity index (χ1n) is 8.85. The molecule has 0 unspecified atom stereocenters. The lowest BCUT2D eigenvalue weighted by molar-refractivity contribution is -0.121. The van der Waals surface area contributed by atoms with Crippen molar-refractivity contribution >= 4 is 23.2 Å². The minimum absolute atomic E-state index is 0.0309. The summed E-state index contributed by atoms with van der Waals surface area (Å²) in [5.41, 5.74) is 1.84. The van der Waals surface area contributed by atoms with E-state index in [4.69, 9.17) is 21.1 Å². The first-order chi connectivity index (χ1) is 12.7. The Bertz CT molecular complexity index is 811. The lowest BCUT2D eigenvalue weighted by Gasteiger charge is -2.32. The Morgan fingerprint density at radius 2 is 2.04 bits per heavy atom. The second-order valence-corrected chi connectivity index (χ2v) is 7.13. The van der Waals surface area contributed by atoms with Crippen molar-refractivity contribution in [1.82, 2.24) is 4.90 Å². The minimum Gasteiger partial charge on any atom is -0.454 e. The van der Waals surface area contributed by atoms with Gasteiger partial charge in [-0.25, -0.2) is 0 Å². The Hall–Kier alpha value is -2.24. The second-order valence-electron chi connectivity index (χ2n) is 6.72. The average molecular weight is 373 g/mol. The van der Waals surface area contributed by atoms with E-state index in [1.54, 1.807) is 0 Å². The van der Waals surface area contributed by atoms with E-state index in [2.05, 4.69) is 10.2 Å². The Morgan fingerprint density at radius 3 is 2.92 bits per heavy atom. The number of hydrogen-bond acceptors (Lipinski definition) is 4. The standard InChI is InChI=1S/C20H21ClN2O3/c21-17-6-2-1-4-14(17)11-23-9-3-5-15(12-23)20(24)22-16-7-8-18-19(10-16)26-13-25-18/h1-2,4,6-8,10,15H,3,5,9,11-13H2,(H,22,24)/t15-/m1/s1. The van der Waals surface area contributed by atoms with E-state index in [-0.39, 0.29) is 18.6 Å². The van der Waals surface area contributed by atoms with Gasteiger partial charge in [0.1, 0.15) is 0 Å². The van der Waals surface area contributed by atoms with Crippen LogP contribution in [0.15, 0.2) is 42.5 Å². The molecular formula is C20H21ClN2O3. The number of fused-ring (bicyclic) bond motifs is 1. The predicted molar refractivity (Wildman–Crippen MR) is 101 cm³/mol. The number of nitrogens with one attached hydrogen (secondary N) is 1. The molecule has 2 aliphatic rings. The van der Waals surface area contributed by atoms with Crippen LogP contribution in [0.1, 0.15) is 18.4 Å². The fourth-order valence-corrected chi connectivity index (χ4v) is 3.69. The zero-order valence-corrected chi connectivity index (χ0v) is 15.2. The number of amides is 1. The van der Waals surface area contributed by atoms with Gasteiger partial charge < -0.3 is 14.8 Å². The molecule has 5 nitrogen and oxygen atoms in total. The number of nitrogens with zero attached hydrogens (tertiary/aromatic N) is 1. The Balaban J connectivity index is 1.38. The molecule has 0 aliphatic carbocycles.